The molecule has 0 bridgehead atoms. The highest BCUT2D eigenvalue weighted by Gasteiger charge is 2.23. The van der Waals surface area contributed by atoms with E-state index in [4.69, 9.17) is 28.3 Å². The van der Waals surface area contributed by atoms with Crippen molar-refractivity contribution in [3.05, 3.63) is 69.2 Å². The van der Waals surface area contributed by atoms with Crippen molar-refractivity contribution >= 4 is 41.0 Å². The SMILES string of the molecule is O=C(O)c1ccc(CC(NC(=O)c2c(Cl)cccc2Cl)C(=O)O)cc1. The summed E-state index contributed by atoms with van der Waals surface area (Å²) in [6.07, 6.45) is -0.0248. The van der Waals surface area contributed by atoms with Gasteiger partial charge in [-0.05, 0) is 29.8 Å². The van der Waals surface area contributed by atoms with Gasteiger partial charge in [0.05, 0.1) is 21.2 Å². The monoisotopic (exact) mass is 381 g/mol. The minimum absolute atomic E-state index is 0.00157. The maximum Gasteiger partial charge on any atom is 0.335 e. The zero-order chi connectivity index (χ0) is 18.6. The van der Waals surface area contributed by atoms with Crippen molar-refractivity contribution in [3.63, 3.8) is 0 Å². The van der Waals surface area contributed by atoms with E-state index in [0.717, 1.165) is 0 Å². The van der Waals surface area contributed by atoms with Gasteiger partial charge in [0.1, 0.15) is 6.04 Å². The first kappa shape index (κ1) is 18.8. The Labute approximate surface area is 153 Å². The van der Waals surface area contributed by atoms with Crippen molar-refractivity contribution in [2.75, 3.05) is 0 Å². The van der Waals surface area contributed by atoms with E-state index in [0.29, 0.717) is 5.56 Å². The van der Waals surface area contributed by atoms with E-state index in [9.17, 15) is 19.5 Å². The van der Waals surface area contributed by atoms with Gasteiger partial charge in [0, 0.05) is 6.42 Å². The third-order valence-corrected chi connectivity index (χ3v) is 4.06. The molecule has 0 saturated carbocycles. The molecule has 1 amide bonds. The fourth-order valence-corrected chi connectivity index (χ4v) is 2.73. The van der Waals surface area contributed by atoms with E-state index >= 15 is 0 Å². The van der Waals surface area contributed by atoms with Crippen LogP contribution in [0, 0.1) is 0 Å². The van der Waals surface area contributed by atoms with E-state index in [2.05, 4.69) is 5.32 Å². The Hall–Kier alpha value is -2.57. The van der Waals surface area contributed by atoms with Crippen LogP contribution in [0.1, 0.15) is 26.3 Å². The molecule has 0 heterocycles. The van der Waals surface area contributed by atoms with Crippen molar-refractivity contribution in [2.24, 2.45) is 0 Å². The maximum absolute atomic E-state index is 12.3. The van der Waals surface area contributed by atoms with E-state index in [-0.39, 0.29) is 27.6 Å². The summed E-state index contributed by atoms with van der Waals surface area (Å²) in [7, 11) is 0. The molecular weight excluding hydrogens is 369 g/mol. The van der Waals surface area contributed by atoms with Crippen LogP contribution >= 0.6 is 23.2 Å². The van der Waals surface area contributed by atoms with Gasteiger partial charge in [0.15, 0.2) is 0 Å². The average molecular weight is 382 g/mol. The van der Waals surface area contributed by atoms with Gasteiger partial charge in [0.25, 0.3) is 5.91 Å². The van der Waals surface area contributed by atoms with Gasteiger partial charge in [-0.3, -0.25) is 4.79 Å². The molecule has 2 aromatic carbocycles. The van der Waals surface area contributed by atoms with Crippen molar-refractivity contribution in [2.45, 2.75) is 12.5 Å². The first-order valence-electron chi connectivity index (χ1n) is 7.09. The Balaban J connectivity index is 2.17. The molecule has 8 heteroatoms. The first-order chi connectivity index (χ1) is 11.8. The van der Waals surface area contributed by atoms with Crippen molar-refractivity contribution in [1.29, 1.82) is 0 Å². The molecular formula is C17H13Cl2NO5. The maximum atomic E-state index is 12.3. The number of hydrogen-bond acceptors (Lipinski definition) is 3. The molecule has 130 valence electrons. The summed E-state index contributed by atoms with van der Waals surface area (Å²) in [4.78, 5) is 34.6. The van der Waals surface area contributed by atoms with Crippen LogP contribution in [0.15, 0.2) is 42.5 Å². The summed E-state index contributed by atoms with van der Waals surface area (Å²) in [5.41, 5.74) is 0.642. The molecule has 2 aromatic rings. The number of nitrogens with one attached hydrogen (secondary N) is 1. The zero-order valence-electron chi connectivity index (χ0n) is 12.7. The van der Waals surface area contributed by atoms with Crippen LogP contribution in [0.3, 0.4) is 0 Å². The van der Waals surface area contributed by atoms with Crippen molar-refractivity contribution in [1.82, 2.24) is 5.32 Å². The number of benzene rings is 2. The number of hydrogen-bond donors (Lipinski definition) is 3. The van der Waals surface area contributed by atoms with E-state index < -0.39 is 23.9 Å². The molecule has 0 radical (unpaired) electrons. The number of carbonyl (C=O) groups is 3. The Morgan fingerprint density at radius 1 is 0.960 bits per heavy atom. The van der Waals surface area contributed by atoms with Crippen LogP contribution in [0.5, 0.6) is 0 Å². The van der Waals surface area contributed by atoms with Gasteiger partial charge < -0.3 is 15.5 Å². The molecule has 25 heavy (non-hydrogen) atoms. The highest BCUT2D eigenvalue weighted by Crippen LogP contribution is 2.24. The number of carbonyl (C=O) groups excluding carboxylic acids is 1. The van der Waals surface area contributed by atoms with Crippen LogP contribution in [0.25, 0.3) is 0 Å². The summed E-state index contributed by atoms with van der Waals surface area (Å²) >= 11 is 11.9. The number of carboxylic acid groups (broad SMARTS) is 2. The third-order valence-electron chi connectivity index (χ3n) is 3.43. The topological polar surface area (TPSA) is 104 Å². The van der Waals surface area contributed by atoms with E-state index in [1.54, 1.807) is 6.07 Å². The summed E-state index contributed by atoms with van der Waals surface area (Å²) < 4.78 is 0. The zero-order valence-corrected chi connectivity index (χ0v) is 14.2. The fourth-order valence-electron chi connectivity index (χ4n) is 2.16. The molecule has 0 aromatic heterocycles. The lowest BCUT2D eigenvalue weighted by Crippen LogP contribution is -2.42. The van der Waals surface area contributed by atoms with E-state index in [1.165, 1.54) is 36.4 Å². The van der Waals surface area contributed by atoms with Gasteiger partial charge in [-0.2, -0.15) is 0 Å². The molecule has 0 aliphatic carbocycles. The number of rotatable bonds is 6. The fraction of sp³-hybridized carbons (Fsp3) is 0.118. The molecule has 2 rings (SSSR count). The van der Waals surface area contributed by atoms with Gasteiger partial charge in [0.2, 0.25) is 0 Å². The van der Waals surface area contributed by atoms with Crippen molar-refractivity contribution in [3.8, 4) is 0 Å². The standard InChI is InChI=1S/C17H13Cl2NO5/c18-11-2-1-3-12(19)14(11)15(21)20-13(17(24)25)8-9-4-6-10(7-5-9)16(22)23/h1-7,13H,8H2,(H,20,21)(H,22,23)(H,24,25). The second kappa shape index (κ2) is 8.00. The molecule has 1 atom stereocenters. The van der Waals surface area contributed by atoms with Gasteiger partial charge >= 0.3 is 11.9 Å². The lowest BCUT2D eigenvalue weighted by molar-refractivity contribution is -0.139. The van der Waals surface area contributed by atoms with Gasteiger partial charge in [-0.15, -0.1) is 0 Å². The lowest BCUT2D eigenvalue weighted by Gasteiger charge is -2.16. The molecule has 0 fully saturated rings. The molecule has 0 aliphatic heterocycles. The summed E-state index contributed by atoms with van der Waals surface area (Å²) in [6, 6.07) is 9.01. The predicted molar refractivity (Wildman–Crippen MR) is 92.5 cm³/mol. The molecule has 1 unspecified atom stereocenters. The Kier molecular flexibility index (Phi) is 6.01. The normalized spacial score (nSPS) is 11.6. The number of carboxylic acids is 2. The minimum Gasteiger partial charge on any atom is -0.480 e. The quantitative estimate of drug-likeness (QED) is 0.712. The highest BCUT2D eigenvalue weighted by atomic mass is 35.5. The number of halogens is 2. The van der Waals surface area contributed by atoms with Crippen LogP contribution in [-0.2, 0) is 11.2 Å². The summed E-state index contributed by atoms with van der Waals surface area (Å²) in [5.74, 6) is -3.02. The molecule has 6 nitrogen and oxygen atoms in total. The van der Waals surface area contributed by atoms with E-state index in [1.807, 2.05) is 0 Å². The second-order valence-corrected chi connectivity index (χ2v) is 5.98. The minimum atomic E-state index is -1.24. The average Bonchev–Trinajstić information content (AvgIpc) is 2.54. The molecule has 3 N–H and O–H groups in total. The Bertz CT molecular complexity index is 800. The van der Waals surface area contributed by atoms with Crippen LogP contribution in [-0.4, -0.2) is 34.1 Å². The number of aromatic carboxylic acids is 1. The predicted octanol–water partition coefficient (Wildman–Crippen LogP) is 3.12. The van der Waals surface area contributed by atoms with Crippen LogP contribution in [0.2, 0.25) is 10.0 Å². The van der Waals surface area contributed by atoms with Crippen molar-refractivity contribution < 1.29 is 24.6 Å². The summed E-state index contributed by atoms with van der Waals surface area (Å²) in [5, 5.41) is 20.8. The highest BCUT2D eigenvalue weighted by molar-refractivity contribution is 6.39. The van der Waals surface area contributed by atoms with Crippen LogP contribution < -0.4 is 5.32 Å². The first-order valence-corrected chi connectivity index (χ1v) is 7.85. The number of aliphatic carboxylic acids is 1. The number of amides is 1. The van der Waals surface area contributed by atoms with Gasteiger partial charge in [-0.1, -0.05) is 41.4 Å². The second-order valence-electron chi connectivity index (χ2n) is 5.17. The van der Waals surface area contributed by atoms with Gasteiger partial charge in [-0.25, -0.2) is 9.59 Å². The molecule has 0 spiro atoms. The summed E-state index contributed by atoms with van der Waals surface area (Å²) in [6.45, 7) is 0. The lowest BCUT2D eigenvalue weighted by atomic mass is 10.0. The largest absolute Gasteiger partial charge is 0.480 e. The Morgan fingerprint density at radius 2 is 1.52 bits per heavy atom. The smallest absolute Gasteiger partial charge is 0.335 e. The van der Waals surface area contributed by atoms with Crippen LogP contribution in [0.4, 0.5) is 0 Å². The Morgan fingerprint density at radius 3 is 2.00 bits per heavy atom. The molecule has 0 saturated heterocycles. The molecule has 0 aliphatic rings. The third kappa shape index (κ3) is 4.71.